The minimum absolute atomic E-state index is 0.0232. The maximum Gasteiger partial charge on any atom is 0.167 e. The number of nitrogens with one attached hydrogen (secondary N) is 1. The van der Waals surface area contributed by atoms with Crippen LogP contribution in [0.3, 0.4) is 0 Å². The van der Waals surface area contributed by atoms with Crippen molar-refractivity contribution in [3.05, 3.63) is 59.4 Å². The molecular formula is C18H22FNO. The number of para-hydroxylation sites is 1. The number of hydrogen-bond acceptors (Lipinski definition) is 2. The summed E-state index contributed by atoms with van der Waals surface area (Å²) in [6.07, 6.45) is 2.15. The lowest BCUT2D eigenvalue weighted by Gasteiger charge is -2.17. The molecule has 0 fully saturated rings. The first kappa shape index (κ1) is 15.5. The van der Waals surface area contributed by atoms with Crippen LogP contribution in [0, 0.1) is 5.82 Å². The van der Waals surface area contributed by atoms with E-state index in [1.165, 1.54) is 11.6 Å². The van der Waals surface area contributed by atoms with Gasteiger partial charge in [0.15, 0.2) is 11.6 Å². The van der Waals surface area contributed by atoms with Crippen molar-refractivity contribution in [1.82, 2.24) is 5.32 Å². The fraction of sp³-hybridized carbons (Fsp3) is 0.333. The van der Waals surface area contributed by atoms with Gasteiger partial charge in [0.25, 0.3) is 0 Å². The maximum atomic E-state index is 14.1. The molecule has 0 radical (unpaired) electrons. The summed E-state index contributed by atoms with van der Waals surface area (Å²) in [5, 5.41) is 3.11. The lowest BCUT2D eigenvalue weighted by molar-refractivity contribution is 0.428. The van der Waals surface area contributed by atoms with Gasteiger partial charge in [-0.05, 0) is 44.2 Å². The van der Waals surface area contributed by atoms with Gasteiger partial charge in [-0.2, -0.15) is 0 Å². The van der Waals surface area contributed by atoms with Crippen molar-refractivity contribution in [2.24, 2.45) is 0 Å². The molecule has 2 nitrogen and oxygen atoms in total. The number of ether oxygens (including phenoxy) is 1. The molecule has 1 unspecified atom stereocenters. The van der Waals surface area contributed by atoms with E-state index >= 15 is 0 Å². The SMILES string of the molecule is CCCc1ccc(Oc2c(F)cccc2C(C)NC)cc1. The molecule has 0 bridgehead atoms. The Kier molecular flexibility index (Phi) is 5.34. The smallest absolute Gasteiger partial charge is 0.167 e. The van der Waals surface area contributed by atoms with Gasteiger partial charge in [0, 0.05) is 11.6 Å². The fourth-order valence-corrected chi connectivity index (χ4v) is 2.26. The summed E-state index contributed by atoms with van der Waals surface area (Å²) < 4.78 is 19.9. The van der Waals surface area contributed by atoms with Crippen molar-refractivity contribution >= 4 is 0 Å². The van der Waals surface area contributed by atoms with Crippen molar-refractivity contribution in [1.29, 1.82) is 0 Å². The van der Waals surface area contributed by atoms with Gasteiger partial charge in [0.05, 0.1) is 0 Å². The second-order valence-corrected chi connectivity index (χ2v) is 5.16. The molecule has 0 aliphatic carbocycles. The summed E-state index contributed by atoms with van der Waals surface area (Å²) >= 11 is 0. The van der Waals surface area contributed by atoms with Crippen molar-refractivity contribution in [2.75, 3.05) is 7.05 Å². The summed E-state index contributed by atoms with van der Waals surface area (Å²) in [5.74, 6) is 0.610. The van der Waals surface area contributed by atoms with Crippen LogP contribution in [-0.2, 0) is 6.42 Å². The highest BCUT2D eigenvalue weighted by atomic mass is 19.1. The summed E-state index contributed by atoms with van der Waals surface area (Å²) in [7, 11) is 1.85. The Morgan fingerprint density at radius 2 is 1.86 bits per heavy atom. The van der Waals surface area contributed by atoms with Gasteiger partial charge in [-0.25, -0.2) is 4.39 Å². The highest BCUT2D eigenvalue weighted by Gasteiger charge is 2.15. The zero-order valence-electron chi connectivity index (χ0n) is 12.8. The molecule has 0 spiro atoms. The van der Waals surface area contributed by atoms with E-state index in [-0.39, 0.29) is 11.9 Å². The number of aryl methyl sites for hydroxylation is 1. The minimum Gasteiger partial charge on any atom is -0.454 e. The Balaban J connectivity index is 2.26. The van der Waals surface area contributed by atoms with Gasteiger partial charge in [0.1, 0.15) is 5.75 Å². The molecule has 0 aliphatic heterocycles. The van der Waals surface area contributed by atoms with Crippen LogP contribution in [-0.4, -0.2) is 7.05 Å². The molecule has 2 aromatic rings. The van der Waals surface area contributed by atoms with Gasteiger partial charge in [-0.3, -0.25) is 0 Å². The Morgan fingerprint density at radius 3 is 2.48 bits per heavy atom. The third-order valence-electron chi connectivity index (χ3n) is 3.58. The van der Waals surface area contributed by atoms with E-state index in [0.717, 1.165) is 18.4 Å². The summed E-state index contributed by atoms with van der Waals surface area (Å²) in [6, 6.07) is 12.9. The molecule has 112 valence electrons. The normalized spacial score (nSPS) is 12.2. The predicted molar refractivity (Wildman–Crippen MR) is 84.4 cm³/mol. The van der Waals surface area contributed by atoms with Crippen LogP contribution in [0.4, 0.5) is 4.39 Å². The van der Waals surface area contributed by atoms with Crippen LogP contribution in [0.1, 0.15) is 37.4 Å². The summed E-state index contributed by atoms with van der Waals surface area (Å²) in [6.45, 7) is 4.13. The lowest BCUT2D eigenvalue weighted by Crippen LogP contribution is -2.13. The van der Waals surface area contributed by atoms with Crippen LogP contribution in [0.5, 0.6) is 11.5 Å². The minimum atomic E-state index is -0.341. The largest absolute Gasteiger partial charge is 0.454 e. The standard InChI is InChI=1S/C18H22FNO/c1-4-6-14-9-11-15(12-10-14)21-18-16(13(2)20-3)7-5-8-17(18)19/h5,7-13,20H,4,6H2,1-3H3. The van der Waals surface area contributed by atoms with Gasteiger partial charge in [-0.15, -0.1) is 0 Å². The average Bonchev–Trinajstić information content (AvgIpc) is 2.50. The molecule has 0 saturated carbocycles. The molecule has 1 atom stereocenters. The molecule has 1 N–H and O–H groups in total. The first-order chi connectivity index (χ1) is 10.2. The molecule has 21 heavy (non-hydrogen) atoms. The van der Waals surface area contributed by atoms with Crippen molar-refractivity contribution in [3.8, 4) is 11.5 Å². The molecule has 2 aromatic carbocycles. The maximum absolute atomic E-state index is 14.1. The van der Waals surface area contributed by atoms with Crippen LogP contribution in [0.2, 0.25) is 0 Å². The fourth-order valence-electron chi connectivity index (χ4n) is 2.26. The first-order valence-electron chi connectivity index (χ1n) is 7.38. The number of rotatable bonds is 6. The second-order valence-electron chi connectivity index (χ2n) is 5.16. The van der Waals surface area contributed by atoms with Crippen LogP contribution < -0.4 is 10.1 Å². The molecule has 2 rings (SSSR count). The third-order valence-corrected chi connectivity index (χ3v) is 3.58. The Hall–Kier alpha value is -1.87. The Bertz CT molecular complexity index is 580. The topological polar surface area (TPSA) is 21.3 Å². The molecule has 0 aliphatic rings. The van der Waals surface area contributed by atoms with E-state index in [1.807, 2.05) is 44.3 Å². The summed E-state index contributed by atoms with van der Waals surface area (Å²) in [5.41, 5.74) is 2.08. The van der Waals surface area contributed by atoms with E-state index in [0.29, 0.717) is 11.5 Å². The van der Waals surface area contributed by atoms with Crippen LogP contribution >= 0.6 is 0 Å². The zero-order chi connectivity index (χ0) is 15.2. The van der Waals surface area contributed by atoms with E-state index in [2.05, 4.69) is 12.2 Å². The zero-order valence-corrected chi connectivity index (χ0v) is 12.8. The molecule has 0 aromatic heterocycles. The van der Waals surface area contributed by atoms with Crippen molar-refractivity contribution in [3.63, 3.8) is 0 Å². The molecule has 3 heteroatoms. The quantitative estimate of drug-likeness (QED) is 0.820. The molecule has 0 saturated heterocycles. The number of halogens is 1. The third kappa shape index (κ3) is 3.82. The molecule has 0 heterocycles. The summed E-state index contributed by atoms with van der Waals surface area (Å²) in [4.78, 5) is 0. The van der Waals surface area contributed by atoms with Gasteiger partial charge in [0.2, 0.25) is 0 Å². The lowest BCUT2D eigenvalue weighted by atomic mass is 10.1. The average molecular weight is 287 g/mol. The number of hydrogen-bond donors (Lipinski definition) is 1. The molecular weight excluding hydrogens is 265 g/mol. The van der Waals surface area contributed by atoms with E-state index in [9.17, 15) is 4.39 Å². The molecule has 0 amide bonds. The Labute approximate surface area is 126 Å². The predicted octanol–water partition coefficient (Wildman–Crippen LogP) is 4.85. The second kappa shape index (κ2) is 7.23. The van der Waals surface area contributed by atoms with E-state index in [4.69, 9.17) is 4.74 Å². The highest BCUT2D eigenvalue weighted by Crippen LogP contribution is 2.32. The van der Waals surface area contributed by atoms with Crippen molar-refractivity contribution in [2.45, 2.75) is 32.7 Å². The van der Waals surface area contributed by atoms with Crippen LogP contribution in [0.15, 0.2) is 42.5 Å². The highest BCUT2D eigenvalue weighted by molar-refractivity contribution is 5.41. The first-order valence-corrected chi connectivity index (χ1v) is 7.38. The number of benzene rings is 2. The van der Waals surface area contributed by atoms with E-state index < -0.39 is 0 Å². The van der Waals surface area contributed by atoms with Crippen molar-refractivity contribution < 1.29 is 9.13 Å². The monoisotopic (exact) mass is 287 g/mol. The van der Waals surface area contributed by atoms with Gasteiger partial charge < -0.3 is 10.1 Å². The van der Waals surface area contributed by atoms with E-state index in [1.54, 1.807) is 6.07 Å². The van der Waals surface area contributed by atoms with Gasteiger partial charge in [-0.1, -0.05) is 37.6 Å². The Morgan fingerprint density at radius 1 is 1.14 bits per heavy atom. The van der Waals surface area contributed by atoms with Gasteiger partial charge >= 0.3 is 0 Å². The van der Waals surface area contributed by atoms with Crippen LogP contribution in [0.25, 0.3) is 0 Å².